The van der Waals surface area contributed by atoms with E-state index in [2.05, 4.69) is 10.6 Å². The lowest BCUT2D eigenvalue weighted by molar-refractivity contribution is -0.384. The highest BCUT2D eigenvalue weighted by Gasteiger charge is 2.23. The topological polar surface area (TPSA) is 103 Å². The van der Waals surface area contributed by atoms with Gasteiger partial charge >= 0.3 is 0 Å². The molecule has 1 fully saturated rings. The van der Waals surface area contributed by atoms with E-state index in [0.717, 1.165) is 0 Å². The molecule has 0 spiro atoms. The fraction of sp³-hybridized carbons (Fsp3) is 0.462. The van der Waals surface area contributed by atoms with Gasteiger partial charge in [-0.05, 0) is 6.42 Å². The monoisotopic (exact) mass is 295 g/mol. The van der Waals surface area contributed by atoms with Gasteiger partial charge in [-0.15, -0.1) is 0 Å². The minimum atomic E-state index is -0.489. The van der Waals surface area contributed by atoms with Gasteiger partial charge in [-0.25, -0.2) is 0 Å². The number of ether oxygens (including phenoxy) is 2. The van der Waals surface area contributed by atoms with Gasteiger partial charge in [0.25, 0.3) is 5.69 Å². The molecular weight excluding hydrogens is 278 g/mol. The zero-order chi connectivity index (χ0) is 15.4. The molecule has 0 aromatic heterocycles. The van der Waals surface area contributed by atoms with Gasteiger partial charge in [-0.2, -0.15) is 0 Å². The Hall–Kier alpha value is -2.51. The SMILES string of the molecule is COc1cc(NCC2CCC(=O)N2)c([N+](=O)[O-])cc1OC. The number of anilines is 1. The molecule has 1 aromatic carbocycles. The largest absolute Gasteiger partial charge is 0.493 e. The zero-order valence-corrected chi connectivity index (χ0v) is 11.8. The van der Waals surface area contributed by atoms with Gasteiger partial charge in [0.15, 0.2) is 11.5 Å². The van der Waals surface area contributed by atoms with E-state index in [9.17, 15) is 14.9 Å². The van der Waals surface area contributed by atoms with E-state index >= 15 is 0 Å². The van der Waals surface area contributed by atoms with Crippen molar-refractivity contribution in [2.45, 2.75) is 18.9 Å². The van der Waals surface area contributed by atoms with Crippen molar-refractivity contribution >= 4 is 17.3 Å². The van der Waals surface area contributed by atoms with Crippen LogP contribution < -0.4 is 20.1 Å². The quantitative estimate of drug-likeness (QED) is 0.606. The standard InChI is InChI=1S/C13H17N3O5/c1-20-11-5-9(10(16(18)19)6-12(11)21-2)14-7-8-3-4-13(17)15-8/h5-6,8,14H,3-4,7H2,1-2H3,(H,15,17). The maximum atomic E-state index is 11.1. The van der Waals surface area contributed by atoms with Crippen molar-refractivity contribution in [3.8, 4) is 11.5 Å². The van der Waals surface area contributed by atoms with Gasteiger partial charge in [0.2, 0.25) is 5.91 Å². The molecule has 1 atom stereocenters. The number of nitrogens with zero attached hydrogens (tertiary/aromatic N) is 1. The van der Waals surface area contributed by atoms with E-state index in [-0.39, 0.29) is 17.6 Å². The number of nitro benzene ring substituents is 1. The van der Waals surface area contributed by atoms with E-state index in [1.165, 1.54) is 26.4 Å². The van der Waals surface area contributed by atoms with Crippen LogP contribution in [0.15, 0.2) is 12.1 Å². The molecule has 1 saturated heterocycles. The van der Waals surface area contributed by atoms with Gasteiger partial charge in [0.1, 0.15) is 5.69 Å². The number of hydrogen-bond donors (Lipinski definition) is 2. The Morgan fingerprint density at radius 3 is 2.57 bits per heavy atom. The van der Waals surface area contributed by atoms with Crippen molar-refractivity contribution in [3.05, 3.63) is 22.2 Å². The number of nitro groups is 1. The third kappa shape index (κ3) is 3.33. The van der Waals surface area contributed by atoms with Crippen LogP contribution in [-0.4, -0.2) is 37.6 Å². The molecule has 8 nitrogen and oxygen atoms in total. The summed E-state index contributed by atoms with van der Waals surface area (Å²) >= 11 is 0. The van der Waals surface area contributed by atoms with Crippen molar-refractivity contribution in [2.75, 3.05) is 26.1 Å². The van der Waals surface area contributed by atoms with Gasteiger partial charge < -0.3 is 20.1 Å². The lowest BCUT2D eigenvalue weighted by Crippen LogP contribution is -2.31. The van der Waals surface area contributed by atoms with E-state index in [1.54, 1.807) is 0 Å². The maximum Gasteiger partial charge on any atom is 0.296 e. The summed E-state index contributed by atoms with van der Waals surface area (Å²) in [5.74, 6) is 0.702. The lowest BCUT2D eigenvalue weighted by Gasteiger charge is -2.14. The third-order valence-electron chi connectivity index (χ3n) is 3.32. The summed E-state index contributed by atoms with van der Waals surface area (Å²) in [6, 6.07) is 2.81. The van der Waals surface area contributed by atoms with Gasteiger partial charge in [-0.3, -0.25) is 14.9 Å². The normalized spacial score (nSPS) is 17.2. The molecule has 0 bridgehead atoms. The smallest absolute Gasteiger partial charge is 0.296 e. The highest BCUT2D eigenvalue weighted by atomic mass is 16.6. The fourth-order valence-electron chi connectivity index (χ4n) is 2.22. The number of hydrogen-bond acceptors (Lipinski definition) is 6. The molecule has 8 heteroatoms. The number of carbonyl (C=O) groups excluding carboxylic acids is 1. The Morgan fingerprint density at radius 1 is 1.38 bits per heavy atom. The fourth-order valence-corrected chi connectivity index (χ4v) is 2.22. The molecule has 114 valence electrons. The predicted octanol–water partition coefficient (Wildman–Crippen LogP) is 1.30. The van der Waals surface area contributed by atoms with Crippen LogP contribution in [0.3, 0.4) is 0 Å². The van der Waals surface area contributed by atoms with Crippen LogP contribution in [0, 0.1) is 10.1 Å². The number of amides is 1. The van der Waals surface area contributed by atoms with Crippen LogP contribution in [0.5, 0.6) is 11.5 Å². The average Bonchev–Trinajstić information content (AvgIpc) is 2.89. The van der Waals surface area contributed by atoms with Crippen LogP contribution in [0.4, 0.5) is 11.4 Å². The molecule has 2 N–H and O–H groups in total. The maximum absolute atomic E-state index is 11.1. The highest BCUT2D eigenvalue weighted by molar-refractivity contribution is 5.78. The summed E-state index contributed by atoms with van der Waals surface area (Å²) in [5.41, 5.74) is 0.232. The van der Waals surface area contributed by atoms with Gasteiger partial charge in [-0.1, -0.05) is 0 Å². The molecule has 1 amide bonds. The molecule has 1 unspecified atom stereocenters. The molecular formula is C13H17N3O5. The van der Waals surface area contributed by atoms with Crippen molar-refractivity contribution in [1.29, 1.82) is 0 Å². The number of methoxy groups -OCH3 is 2. The molecule has 1 aliphatic heterocycles. The molecule has 1 aromatic rings. The van der Waals surface area contributed by atoms with Gasteiger partial charge in [0, 0.05) is 25.1 Å². The molecule has 2 rings (SSSR count). The molecule has 0 aliphatic carbocycles. The average molecular weight is 295 g/mol. The minimum absolute atomic E-state index is 0.00334. The summed E-state index contributed by atoms with van der Waals surface area (Å²) in [5, 5.41) is 16.9. The number of benzene rings is 1. The molecule has 21 heavy (non-hydrogen) atoms. The summed E-state index contributed by atoms with van der Waals surface area (Å²) in [6.45, 7) is 0.419. The number of nitrogens with one attached hydrogen (secondary N) is 2. The van der Waals surface area contributed by atoms with Crippen LogP contribution in [0.1, 0.15) is 12.8 Å². The van der Waals surface area contributed by atoms with E-state index < -0.39 is 4.92 Å². The first-order valence-corrected chi connectivity index (χ1v) is 6.48. The van der Waals surface area contributed by atoms with E-state index in [1.807, 2.05) is 0 Å². The van der Waals surface area contributed by atoms with E-state index in [4.69, 9.17) is 9.47 Å². The van der Waals surface area contributed by atoms with Crippen molar-refractivity contribution in [2.24, 2.45) is 0 Å². The van der Waals surface area contributed by atoms with Crippen LogP contribution in [0.25, 0.3) is 0 Å². The Bertz CT molecular complexity index is 561. The first-order chi connectivity index (χ1) is 10.0. The van der Waals surface area contributed by atoms with Gasteiger partial charge in [0.05, 0.1) is 25.2 Å². The zero-order valence-electron chi connectivity index (χ0n) is 11.8. The van der Waals surface area contributed by atoms with E-state index in [0.29, 0.717) is 36.6 Å². The summed E-state index contributed by atoms with van der Waals surface area (Å²) < 4.78 is 10.2. The second-order valence-corrected chi connectivity index (χ2v) is 4.67. The Morgan fingerprint density at radius 2 is 2.05 bits per heavy atom. The molecule has 0 saturated carbocycles. The van der Waals surface area contributed by atoms with Crippen molar-refractivity contribution < 1.29 is 19.2 Å². The van der Waals surface area contributed by atoms with Crippen molar-refractivity contribution in [3.63, 3.8) is 0 Å². The Labute approximate surface area is 121 Å². The second-order valence-electron chi connectivity index (χ2n) is 4.67. The van der Waals surface area contributed by atoms with Crippen LogP contribution >= 0.6 is 0 Å². The lowest BCUT2D eigenvalue weighted by atomic mass is 10.2. The summed E-state index contributed by atoms with van der Waals surface area (Å²) in [7, 11) is 2.88. The summed E-state index contributed by atoms with van der Waals surface area (Å²) in [6.07, 6.45) is 1.20. The summed E-state index contributed by atoms with van der Waals surface area (Å²) in [4.78, 5) is 21.8. The third-order valence-corrected chi connectivity index (χ3v) is 3.32. The van der Waals surface area contributed by atoms with Crippen LogP contribution in [0.2, 0.25) is 0 Å². The molecule has 1 heterocycles. The molecule has 0 radical (unpaired) electrons. The van der Waals surface area contributed by atoms with Crippen LogP contribution in [-0.2, 0) is 4.79 Å². The number of rotatable bonds is 6. The first kappa shape index (κ1) is 14.9. The molecule has 1 aliphatic rings. The Kier molecular flexibility index (Phi) is 4.46. The van der Waals surface area contributed by atoms with Crippen molar-refractivity contribution in [1.82, 2.24) is 5.32 Å². The number of carbonyl (C=O) groups is 1. The first-order valence-electron chi connectivity index (χ1n) is 6.48. The highest BCUT2D eigenvalue weighted by Crippen LogP contribution is 2.37. The minimum Gasteiger partial charge on any atom is -0.493 e. The second kappa shape index (κ2) is 6.29. The Balaban J connectivity index is 2.20. The predicted molar refractivity (Wildman–Crippen MR) is 75.9 cm³/mol.